The fraction of sp³-hybridized carbons (Fsp3) is 0.353. The molecule has 1 aliphatic carbocycles. The lowest BCUT2D eigenvalue weighted by Gasteiger charge is -2.13. The highest BCUT2D eigenvalue weighted by Gasteiger charge is 2.28. The Morgan fingerprint density at radius 2 is 2.25 bits per heavy atom. The summed E-state index contributed by atoms with van der Waals surface area (Å²) in [7, 11) is 3.61. The minimum Gasteiger partial charge on any atom is -0.412 e. The molecular weight excluding hydrogens is 330 g/mol. The zero-order chi connectivity index (χ0) is 15.7. The van der Waals surface area contributed by atoms with Crippen LogP contribution in [0.25, 0.3) is 10.9 Å². The van der Waals surface area contributed by atoms with Crippen LogP contribution in [0.2, 0.25) is 0 Å². The Hall–Kier alpha value is -2.20. The molecule has 1 aliphatic rings. The second-order valence-electron chi connectivity index (χ2n) is 5.42. The number of carbonyl (C=O) groups is 1. The Balaban J connectivity index is 0.00000144. The standard InChI is InChI=1S/C17H19N3O2.ClH.H2O/c1-4-9-19-14-7-6-12-13-10-11(22-17(21)18-2)5-8-15(13)20(3)16(12)14;;/h1,5,8,10,14,19H,6-7,9H2,2-3H3,(H,18,21);1H;1H2. The number of aryl methyl sites for hydroxylation is 2. The first-order valence-corrected chi connectivity index (χ1v) is 7.33. The molecule has 1 aromatic carbocycles. The molecule has 0 bridgehead atoms. The van der Waals surface area contributed by atoms with Crippen molar-refractivity contribution in [2.24, 2.45) is 7.05 Å². The number of fused-ring (bicyclic) bond motifs is 3. The molecule has 1 amide bonds. The highest BCUT2D eigenvalue weighted by Crippen LogP contribution is 2.39. The molecule has 0 fully saturated rings. The number of rotatable bonds is 3. The van der Waals surface area contributed by atoms with Crippen LogP contribution in [0.4, 0.5) is 4.79 Å². The molecule has 0 saturated carbocycles. The summed E-state index contributed by atoms with van der Waals surface area (Å²) >= 11 is 0. The van der Waals surface area contributed by atoms with Gasteiger partial charge in [-0.25, -0.2) is 4.79 Å². The molecular formula is C17H22ClN3O3. The van der Waals surface area contributed by atoms with Crippen molar-refractivity contribution in [2.75, 3.05) is 13.6 Å². The number of hydrogen-bond donors (Lipinski definition) is 2. The van der Waals surface area contributed by atoms with E-state index in [-0.39, 0.29) is 23.9 Å². The normalized spacial score (nSPS) is 15.0. The maximum atomic E-state index is 11.4. The monoisotopic (exact) mass is 351 g/mol. The molecule has 1 aromatic heterocycles. The molecule has 3 rings (SSSR count). The van der Waals surface area contributed by atoms with Crippen molar-refractivity contribution in [3.8, 4) is 18.1 Å². The second-order valence-corrected chi connectivity index (χ2v) is 5.42. The summed E-state index contributed by atoms with van der Waals surface area (Å²) in [5, 5.41) is 6.99. The number of carbonyl (C=O) groups excluding carboxylic acids is 1. The van der Waals surface area contributed by atoms with Crippen LogP contribution in [0.3, 0.4) is 0 Å². The summed E-state index contributed by atoms with van der Waals surface area (Å²) < 4.78 is 7.43. The third-order valence-corrected chi connectivity index (χ3v) is 4.20. The molecule has 7 heteroatoms. The summed E-state index contributed by atoms with van der Waals surface area (Å²) in [6.45, 7) is 0.566. The van der Waals surface area contributed by atoms with E-state index in [2.05, 4.69) is 28.2 Å². The van der Waals surface area contributed by atoms with Crippen molar-refractivity contribution in [1.29, 1.82) is 0 Å². The van der Waals surface area contributed by atoms with Gasteiger partial charge >= 0.3 is 6.09 Å². The average Bonchev–Trinajstić information content (AvgIpc) is 3.06. The summed E-state index contributed by atoms with van der Waals surface area (Å²) in [5.74, 6) is 3.19. The van der Waals surface area contributed by atoms with Gasteiger partial charge in [0.1, 0.15) is 5.75 Å². The van der Waals surface area contributed by atoms with Crippen molar-refractivity contribution < 1.29 is 15.0 Å². The summed E-state index contributed by atoms with van der Waals surface area (Å²) in [6, 6.07) is 6.03. The van der Waals surface area contributed by atoms with Gasteiger partial charge in [0.2, 0.25) is 0 Å². The number of benzene rings is 1. The summed E-state index contributed by atoms with van der Waals surface area (Å²) in [5.41, 5.74) is 3.73. The van der Waals surface area contributed by atoms with E-state index in [9.17, 15) is 4.79 Å². The fourth-order valence-corrected chi connectivity index (χ4v) is 3.25. The first-order valence-electron chi connectivity index (χ1n) is 7.33. The lowest BCUT2D eigenvalue weighted by atomic mass is 10.1. The number of ether oxygens (including phenoxy) is 1. The minimum atomic E-state index is -0.458. The van der Waals surface area contributed by atoms with Crippen molar-refractivity contribution in [1.82, 2.24) is 15.2 Å². The average molecular weight is 352 g/mol. The number of nitrogens with one attached hydrogen (secondary N) is 2. The molecule has 1 heterocycles. The van der Waals surface area contributed by atoms with Crippen LogP contribution in [0.5, 0.6) is 5.75 Å². The van der Waals surface area contributed by atoms with E-state index in [0.717, 1.165) is 23.7 Å². The van der Waals surface area contributed by atoms with Crippen molar-refractivity contribution in [3.63, 3.8) is 0 Å². The Kier molecular flexibility index (Phi) is 6.67. The van der Waals surface area contributed by atoms with Crippen LogP contribution in [0.15, 0.2) is 18.2 Å². The predicted octanol–water partition coefficient (Wildman–Crippen LogP) is 1.70. The Labute approximate surface area is 147 Å². The number of amides is 1. The topological polar surface area (TPSA) is 86.8 Å². The zero-order valence-electron chi connectivity index (χ0n) is 13.7. The number of nitrogens with zero attached hydrogens (tertiary/aromatic N) is 1. The Morgan fingerprint density at radius 3 is 2.92 bits per heavy atom. The molecule has 24 heavy (non-hydrogen) atoms. The fourth-order valence-electron chi connectivity index (χ4n) is 3.25. The quantitative estimate of drug-likeness (QED) is 0.825. The van der Waals surface area contributed by atoms with E-state index in [1.807, 2.05) is 18.2 Å². The SMILES string of the molecule is C#CCNC1CCc2c1n(C)c1ccc(OC(=O)NC)cc21.Cl.O. The van der Waals surface area contributed by atoms with Crippen LogP contribution in [-0.4, -0.2) is 29.7 Å². The smallest absolute Gasteiger partial charge is 0.412 e. The summed E-state index contributed by atoms with van der Waals surface area (Å²) in [4.78, 5) is 11.4. The third-order valence-electron chi connectivity index (χ3n) is 4.20. The van der Waals surface area contributed by atoms with Gasteiger partial charge in [-0.1, -0.05) is 5.92 Å². The van der Waals surface area contributed by atoms with Crippen LogP contribution in [0.1, 0.15) is 23.7 Å². The number of aromatic nitrogens is 1. The summed E-state index contributed by atoms with van der Waals surface area (Å²) in [6.07, 6.45) is 6.92. The number of halogens is 1. The van der Waals surface area contributed by atoms with E-state index < -0.39 is 6.09 Å². The first kappa shape index (κ1) is 19.8. The molecule has 0 radical (unpaired) electrons. The maximum absolute atomic E-state index is 11.4. The Bertz CT molecular complexity index is 779. The van der Waals surface area contributed by atoms with Gasteiger partial charge in [-0.2, -0.15) is 0 Å². The van der Waals surface area contributed by atoms with Gasteiger partial charge in [-0.05, 0) is 36.6 Å². The molecule has 4 N–H and O–H groups in total. The van der Waals surface area contributed by atoms with E-state index in [1.54, 1.807) is 7.05 Å². The number of hydrogen-bond acceptors (Lipinski definition) is 3. The van der Waals surface area contributed by atoms with Crippen LogP contribution >= 0.6 is 12.4 Å². The lowest BCUT2D eigenvalue weighted by molar-refractivity contribution is 0.203. The van der Waals surface area contributed by atoms with E-state index in [0.29, 0.717) is 12.3 Å². The lowest BCUT2D eigenvalue weighted by Crippen LogP contribution is -2.22. The van der Waals surface area contributed by atoms with E-state index in [1.165, 1.54) is 11.3 Å². The molecule has 6 nitrogen and oxygen atoms in total. The third kappa shape index (κ3) is 3.34. The van der Waals surface area contributed by atoms with E-state index >= 15 is 0 Å². The molecule has 130 valence electrons. The molecule has 2 aromatic rings. The van der Waals surface area contributed by atoms with Gasteiger partial charge < -0.3 is 20.1 Å². The molecule has 0 spiro atoms. The van der Waals surface area contributed by atoms with Crippen LogP contribution in [0, 0.1) is 12.3 Å². The Morgan fingerprint density at radius 1 is 1.50 bits per heavy atom. The van der Waals surface area contributed by atoms with Gasteiger partial charge in [0, 0.05) is 36.7 Å². The zero-order valence-corrected chi connectivity index (χ0v) is 14.5. The van der Waals surface area contributed by atoms with Crippen LogP contribution < -0.4 is 15.4 Å². The predicted molar refractivity (Wildman–Crippen MR) is 96.8 cm³/mol. The maximum Gasteiger partial charge on any atom is 0.412 e. The van der Waals surface area contributed by atoms with Gasteiger partial charge in [-0.3, -0.25) is 5.32 Å². The molecule has 0 saturated heterocycles. The molecule has 1 atom stereocenters. The van der Waals surface area contributed by atoms with Crippen molar-refractivity contribution in [3.05, 3.63) is 29.5 Å². The molecule has 1 unspecified atom stereocenters. The van der Waals surface area contributed by atoms with E-state index in [4.69, 9.17) is 11.2 Å². The minimum absolute atomic E-state index is 0. The van der Waals surface area contributed by atoms with Crippen molar-refractivity contribution >= 4 is 29.4 Å². The highest BCUT2D eigenvalue weighted by molar-refractivity contribution is 5.88. The number of terminal acetylenes is 1. The largest absolute Gasteiger partial charge is 0.412 e. The second kappa shape index (κ2) is 8.06. The van der Waals surface area contributed by atoms with Gasteiger partial charge in [0.05, 0.1) is 6.54 Å². The van der Waals surface area contributed by atoms with Gasteiger partial charge in [-0.15, -0.1) is 18.8 Å². The first-order chi connectivity index (χ1) is 10.7. The van der Waals surface area contributed by atoms with Crippen molar-refractivity contribution in [2.45, 2.75) is 18.9 Å². The van der Waals surface area contributed by atoms with Gasteiger partial charge in [0.15, 0.2) is 0 Å². The highest BCUT2D eigenvalue weighted by atomic mass is 35.5. The molecule has 0 aliphatic heterocycles. The van der Waals surface area contributed by atoms with Gasteiger partial charge in [0.25, 0.3) is 0 Å². The van der Waals surface area contributed by atoms with Crippen LogP contribution in [-0.2, 0) is 13.5 Å².